The summed E-state index contributed by atoms with van der Waals surface area (Å²) < 4.78 is 43.5. The van der Waals surface area contributed by atoms with Crippen molar-refractivity contribution in [1.29, 1.82) is 0 Å². The van der Waals surface area contributed by atoms with Crippen LogP contribution in [-0.2, 0) is 16.4 Å². The summed E-state index contributed by atoms with van der Waals surface area (Å²) in [5, 5.41) is 0.890. The topological polar surface area (TPSA) is 59.0 Å². The van der Waals surface area contributed by atoms with Gasteiger partial charge >= 0.3 is 0 Å². The number of fused-ring (bicyclic) bond motifs is 1. The molecule has 2 aliphatic rings. The number of benzene rings is 2. The minimum absolute atomic E-state index is 0.0561. The van der Waals surface area contributed by atoms with Crippen molar-refractivity contribution in [3.63, 3.8) is 0 Å². The molecule has 0 saturated carbocycles. The molecule has 5 nitrogen and oxygen atoms in total. The number of methoxy groups -OCH3 is 1. The highest BCUT2D eigenvalue weighted by atomic mass is 35.5. The van der Waals surface area contributed by atoms with E-state index in [-0.39, 0.29) is 29.3 Å². The van der Waals surface area contributed by atoms with Crippen LogP contribution in [0.3, 0.4) is 0 Å². The zero-order valence-electron chi connectivity index (χ0n) is 15.0. The van der Waals surface area contributed by atoms with Crippen molar-refractivity contribution in [3.8, 4) is 5.75 Å². The first-order chi connectivity index (χ1) is 13.4. The van der Waals surface area contributed by atoms with Crippen molar-refractivity contribution in [1.82, 2.24) is 0 Å². The monoisotopic (exact) mass is 440 g/mol. The molecule has 0 N–H and O–H groups in total. The second-order valence-electron chi connectivity index (χ2n) is 6.70. The molecule has 0 aromatic heterocycles. The van der Waals surface area contributed by atoms with E-state index in [9.17, 15) is 12.8 Å². The Morgan fingerprint density at radius 3 is 2.79 bits per heavy atom. The predicted octanol–water partition coefficient (Wildman–Crippen LogP) is 3.76. The van der Waals surface area contributed by atoms with Crippen LogP contribution in [0.5, 0.6) is 5.75 Å². The first-order valence-electron chi connectivity index (χ1n) is 8.65. The van der Waals surface area contributed by atoms with Gasteiger partial charge in [-0.05, 0) is 24.3 Å². The van der Waals surface area contributed by atoms with E-state index < -0.39 is 15.7 Å². The van der Waals surface area contributed by atoms with Gasteiger partial charge in [0.1, 0.15) is 11.6 Å². The molecule has 2 atom stereocenters. The molecular weight excluding hydrogens is 423 g/mol. The summed E-state index contributed by atoms with van der Waals surface area (Å²) >= 11 is 7.66. The maximum atomic E-state index is 14.4. The van der Waals surface area contributed by atoms with Crippen LogP contribution in [0.2, 0.25) is 5.02 Å². The van der Waals surface area contributed by atoms with Crippen LogP contribution >= 0.6 is 23.4 Å². The minimum Gasteiger partial charge on any atom is -0.497 e. The van der Waals surface area contributed by atoms with E-state index in [0.717, 1.165) is 5.69 Å². The molecule has 4 rings (SSSR count). The number of ether oxygens (including phenoxy) is 1. The predicted molar refractivity (Wildman–Crippen MR) is 112 cm³/mol. The molecule has 2 aromatic rings. The van der Waals surface area contributed by atoms with Gasteiger partial charge in [-0.25, -0.2) is 12.8 Å². The van der Waals surface area contributed by atoms with Crippen molar-refractivity contribution in [2.75, 3.05) is 23.5 Å². The van der Waals surface area contributed by atoms with E-state index >= 15 is 0 Å². The standard InChI is InChI=1S/C19H18ClFN2O3S2/c1-26-13-5-2-4-12(8-13)23(9-14-15(20)6-3-7-16(14)21)19-22-17-10-28(24,25)11-18(17)27-19/h2-8,17-18H,9-11H2,1H3/t17-,18-/m0/s1. The molecule has 0 spiro atoms. The number of aliphatic imine (C=N–C) groups is 1. The Kier molecular flexibility index (Phi) is 5.28. The number of hydrogen-bond acceptors (Lipinski definition) is 6. The Labute approximate surface area is 172 Å². The number of hydrogen-bond donors (Lipinski definition) is 0. The van der Waals surface area contributed by atoms with E-state index in [2.05, 4.69) is 4.99 Å². The average Bonchev–Trinajstić information content (AvgIpc) is 3.15. The SMILES string of the molecule is COc1cccc(N(Cc2c(F)cccc2Cl)C2=N[C@H]3CS(=O)(=O)C[C@@H]3S2)c1. The van der Waals surface area contributed by atoms with Crippen LogP contribution in [0.25, 0.3) is 0 Å². The molecule has 0 amide bonds. The lowest BCUT2D eigenvalue weighted by atomic mass is 10.2. The average molecular weight is 441 g/mol. The Balaban J connectivity index is 1.72. The van der Waals surface area contributed by atoms with Crippen molar-refractivity contribution < 1.29 is 17.5 Å². The fourth-order valence-electron chi connectivity index (χ4n) is 3.36. The molecule has 0 bridgehead atoms. The maximum absolute atomic E-state index is 14.4. The first-order valence-corrected chi connectivity index (χ1v) is 11.7. The number of halogens is 2. The van der Waals surface area contributed by atoms with E-state index in [4.69, 9.17) is 16.3 Å². The second kappa shape index (κ2) is 7.57. The Bertz CT molecular complexity index is 1020. The van der Waals surface area contributed by atoms with E-state index in [1.807, 2.05) is 29.2 Å². The molecule has 0 aliphatic carbocycles. The molecule has 148 valence electrons. The van der Waals surface area contributed by atoms with Gasteiger partial charge in [0.25, 0.3) is 0 Å². The molecule has 2 aromatic carbocycles. The summed E-state index contributed by atoms with van der Waals surface area (Å²) in [6.07, 6.45) is 0. The number of sulfone groups is 1. The molecular formula is C19H18ClFN2O3S2. The molecule has 28 heavy (non-hydrogen) atoms. The Hall–Kier alpha value is -1.77. The van der Waals surface area contributed by atoms with Crippen LogP contribution in [-0.4, -0.2) is 43.5 Å². The highest BCUT2D eigenvalue weighted by Gasteiger charge is 2.44. The lowest BCUT2D eigenvalue weighted by Gasteiger charge is -2.25. The Morgan fingerprint density at radius 1 is 1.29 bits per heavy atom. The number of nitrogens with zero attached hydrogens (tertiary/aromatic N) is 2. The van der Waals surface area contributed by atoms with Crippen molar-refractivity contribution in [3.05, 3.63) is 58.9 Å². The largest absolute Gasteiger partial charge is 0.497 e. The number of rotatable bonds is 4. The number of amidine groups is 1. The molecule has 2 aliphatic heterocycles. The summed E-state index contributed by atoms with van der Waals surface area (Å²) in [6, 6.07) is 11.7. The number of anilines is 1. The van der Waals surface area contributed by atoms with Crippen molar-refractivity contribution in [2.24, 2.45) is 4.99 Å². The van der Waals surface area contributed by atoms with Crippen LogP contribution < -0.4 is 9.64 Å². The van der Waals surface area contributed by atoms with Gasteiger partial charge in [0, 0.05) is 27.6 Å². The smallest absolute Gasteiger partial charge is 0.164 e. The first kappa shape index (κ1) is 19.5. The van der Waals surface area contributed by atoms with Gasteiger partial charge in [0.15, 0.2) is 15.0 Å². The third-order valence-electron chi connectivity index (χ3n) is 4.78. The van der Waals surface area contributed by atoms with Gasteiger partial charge in [-0.3, -0.25) is 4.99 Å². The Morgan fingerprint density at radius 2 is 2.07 bits per heavy atom. The summed E-state index contributed by atoms with van der Waals surface area (Å²) in [6.45, 7) is 0.177. The van der Waals surface area contributed by atoms with E-state index in [0.29, 0.717) is 21.5 Å². The van der Waals surface area contributed by atoms with Crippen molar-refractivity contribution in [2.45, 2.75) is 17.8 Å². The van der Waals surface area contributed by atoms with Crippen LogP contribution in [0, 0.1) is 5.82 Å². The lowest BCUT2D eigenvalue weighted by Crippen LogP contribution is -2.28. The van der Waals surface area contributed by atoms with Gasteiger partial charge in [0.05, 0.1) is 31.2 Å². The number of thioether (sulfide) groups is 1. The molecule has 2 heterocycles. The van der Waals surface area contributed by atoms with Crippen molar-refractivity contribution >= 4 is 44.1 Å². The minimum atomic E-state index is -3.05. The molecule has 9 heteroatoms. The summed E-state index contributed by atoms with van der Waals surface area (Å²) in [7, 11) is -1.47. The summed E-state index contributed by atoms with van der Waals surface area (Å²) in [5.74, 6) is 0.433. The fourth-order valence-corrected chi connectivity index (χ4v) is 7.36. The highest BCUT2D eigenvalue weighted by molar-refractivity contribution is 8.15. The summed E-state index contributed by atoms with van der Waals surface area (Å²) in [5.41, 5.74) is 1.13. The molecule has 0 unspecified atom stereocenters. The van der Waals surface area contributed by atoms with E-state index in [1.165, 1.54) is 17.8 Å². The summed E-state index contributed by atoms with van der Waals surface area (Å²) in [4.78, 5) is 6.52. The van der Waals surface area contributed by atoms with Crippen LogP contribution in [0.15, 0.2) is 47.5 Å². The van der Waals surface area contributed by atoms with Crippen LogP contribution in [0.4, 0.5) is 10.1 Å². The normalized spacial score (nSPS) is 22.6. The molecule has 1 saturated heterocycles. The third-order valence-corrected chi connectivity index (χ3v) is 8.38. The quantitative estimate of drug-likeness (QED) is 0.724. The zero-order chi connectivity index (χ0) is 19.9. The van der Waals surface area contributed by atoms with Gasteiger partial charge in [-0.15, -0.1) is 0 Å². The van der Waals surface area contributed by atoms with E-state index in [1.54, 1.807) is 19.2 Å². The molecule has 1 fully saturated rings. The zero-order valence-corrected chi connectivity index (χ0v) is 17.4. The second-order valence-corrected chi connectivity index (χ2v) is 10.5. The van der Waals surface area contributed by atoms with Gasteiger partial charge in [-0.1, -0.05) is 35.5 Å². The third kappa shape index (κ3) is 3.86. The lowest BCUT2D eigenvalue weighted by molar-refractivity contribution is 0.415. The van der Waals surface area contributed by atoms with Crippen LogP contribution in [0.1, 0.15) is 5.56 Å². The van der Waals surface area contributed by atoms with Gasteiger partial charge in [-0.2, -0.15) is 0 Å². The highest BCUT2D eigenvalue weighted by Crippen LogP contribution is 2.38. The molecule has 0 radical (unpaired) electrons. The van der Waals surface area contributed by atoms with Gasteiger partial charge < -0.3 is 9.64 Å². The fraction of sp³-hybridized carbons (Fsp3) is 0.316. The maximum Gasteiger partial charge on any atom is 0.164 e. The van der Waals surface area contributed by atoms with Gasteiger partial charge in [0.2, 0.25) is 0 Å².